The van der Waals surface area contributed by atoms with Crippen LogP contribution in [0.4, 0.5) is 0 Å². The molecule has 1 amide bonds. The molecule has 0 bridgehead atoms. The van der Waals surface area contributed by atoms with Gasteiger partial charge < -0.3 is 16.3 Å². The summed E-state index contributed by atoms with van der Waals surface area (Å²) in [4.78, 5) is 15.8. The maximum absolute atomic E-state index is 11.8. The molecule has 1 heterocycles. The molecular formula is C13H18N4O2. The molecule has 0 aromatic carbocycles. The van der Waals surface area contributed by atoms with E-state index in [0.717, 1.165) is 12.3 Å². The number of amides is 1. The van der Waals surface area contributed by atoms with E-state index >= 15 is 0 Å². The molecule has 1 aromatic rings. The minimum Gasteiger partial charge on any atom is -0.409 e. The van der Waals surface area contributed by atoms with Crippen LogP contribution in [-0.4, -0.2) is 28.5 Å². The lowest BCUT2D eigenvalue weighted by Gasteiger charge is -2.25. The Morgan fingerprint density at radius 3 is 2.84 bits per heavy atom. The van der Waals surface area contributed by atoms with Gasteiger partial charge in [-0.25, -0.2) is 0 Å². The predicted octanol–water partition coefficient (Wildman–Crippen LogP) is 1.10. The quantitative estimate of drug-likeness (QED) is 0.320. The second-order valence-electron chi connectivity index (χ2n) is 4.76. The Balaban J connectivity index is 1.84. The summed E-state index contributed by atoms with van der Waals surface area (Å²) in [6.45, 7) is 0.688. The number of hydrogen-bond acceptors (Lipinski definition) is 4. The molecule has 1 aromatic heterocycles. The van der Waals surface area contributed by atoms with Crippen LogP contribution >= 0.6 is 0 Å². The summed E-state index contributed by atoms with van der Waals surface area (Å²) in [6.07, 6.45) is 6.32. The SMILES string of the molecule is N/C(=N/O)c1ccc(C(=O)NCCC2CCC2)nc1. The highest BCUT2D eigenvalue weighted by molar-refractivity contribution is 5.98. The van der Waals surface area contributed by atoms with E-state index in [9.17, 15) is 4.79 Å². The minimum atomic E-state index is -0.189. The first kappa shape index (κ1) is 13.3. The molecule has 19 heavy (non-hydrogen) atoms. The molecule has 2 rings (SSSR count). The number of aromatic nitrogens is 1. The number of rotatable bonds is 5. The number of pyridine rings is 1. The van der Waals surface area contributed by atoms with Crippen LogP contribution in [0.2, 0.25) is 0 Å². The van der Waals surface area contributed by atoms with Crippen molar-refractivity contribution in [3.63, 3.8) is 0 Å². The summed E-state index contributed by atoms with van der Waals surface area (Å²) < 4.78 is 0. The number of amidine groups is 1. The van der Waals surface area contributed by atoms with E-state index in [4.69, 9.17) is 10.9 Å². The lowest BCUT2D eigenvalue weighted by atomic mass is 9.83. The second kappa shape index (κ2) is 6.17. The third-order valence-corrected chi connectivity index (χ3v) is 3.46. The first-order chi connectivity index (χ1) is 9.20. The predicted molar refractivity (Wildman–Crippen MR) is 71.0 cm³/mol. The molecule has 102 valence electrons. The lowest BCUT2D eigenvalue weighted by Crippen LogP contribution is -2.28. The number of nitrogens with two attached hydrogens (primary N) is 1. The highest BCUT2D eigenvalue weighted by Crippen LogP contribution is 2.28. The number of carbonyl (C=O) groups is 1. The van der Waals surface area contributed by atoms with Crippen LogP contribution in [0.15, 0.2) is 23.5 Å². The molecule has 1 aliphatic rings. The van der Waals surface area contributed by atoms with Gasteiger partial charge in [-0.1, -0.05) is 24.4 Å². The van der Waals surface area contributed by atoms with Crippen LogP contribution in [0.3, 0.4) is 0 Å². The van der Waals surface area contributed by atoms with E-state index in [1.807, 2.05) is 0 Å². The summed E-state index contributed by atoms with van der Waals surface area (Å²) in [7, 11) is 0. The van der Waals surface area contributed by atoms with Crippen LogP contribution in [0.25, 0.3) is 0 Å². The van der Waals surface area contributed by atoms with Crippen molar-refractivity contribution in [1.82, 2.24) is 10.3 Å². The minimum absolute atomic E-state index is 0.0237. The van der Waals surface area contributed by atoms with E-state index in [0.29, 0.717) is 17.8 Å². The first-order valence-electron chi connectivity index (χ1n) is 6.43. The highest BCUT2D eigenvalue weighted by atomic mass is 16.4. The van der Waals surface area contributed by atoms with Crippen LogP contribution in [-0.2, 0) is 0 Å². The largest absolute Gasteiger partial charge is 0.409 e. The van der Waals surface area contributed by atoms with Crippen LogP contribution in [0, 0.1) is 5.92 Å². The number of oxime groups is 1. The maximum atomic E-state index is 11.8. The van der Waals surface area contributed by atoms with Crippen molar-refractivity contribution in [3.05, 3.63) is 29.6 Å². The molecule has 0 aliphatic heterocycles. The fourth-order valence-corrected chi connectivity index (χ4v) is 2.00. The van der Waals surface area contributed by atoms with Crippen molar-refractivity contribution in [2.75, 3.05) is 6.54 Å². The zero-order chi connectivity index (χ0) is 13.7. The van der Waals surface area contributed by atoms with Gasteiger partial charge in [0.25, 0.3) is 5.91 Å². The van der Waals surface area contributed by atoms with Crippen molar-refractivity contribution < 1.29 is 10.0 Å². The van der Waals surface area contributed by atoms with Crippen molar-refractivity contribution in [1.29, 1.82) is 0 Å². The zero-order valence-corrected chi connectivity index (χ0v) is 10.7. The number of nitrogens with one attached hydrogen (secondary N) is 1. The van der Waals surface area contributed by atoms with E-state index in [1.165, 1.54) is 25.5 Å². The van der Waals surface area contributed by atoms with E-state index < -0.39 is 0 Å². The average Bonchev–Trinajstić information content (AvgIpc) is 2.40. The summed E-state index contributed by atoms with van der Waals surface area (Å²) in [5.74, 6) is 0.561. The molecule has 0 saturated heterocycles. The Labute approximate surface area is 111 Å². The Kier molecular flexibility index (Phi) is 4.33. The van der Waals surface area contributed by atoms with E-state index in [2.05, 4.69) is 15.5 Å². The fourth-order valence-electron chi connectivity index (χ4n) is 2.00. The van der Waals surface area contributed by atoms with Gasteiger partial charge >= 0.3 is 0 Å². The Bertz CT molecular complexity index is 466. The number of carbonyl (C=O) groups excluding carboxylic acids is 1. The van der Waals surface area contributed by atoms with Crippen LogP contribution in [0.5, 0.6) is 0 Å². The smallest absolute Gasteiger partial charge is 0.269 e. The molecular weight excluding hydrogens is 244 g/mol. The fraction of sp³-hybridized carbons (Fsp3) is 0.462. The lowest BCUT2D eigenvalue weighted by molar-refractivity contribution is 0.0944. The summed E-state index contributed by atoms with van der Waals surface area (Å²) in [5, 5.41) is 14.2. The summed E-state index contributed by atoms with van der Waals surface area (Å²) >= 11 is 0. The monoisotopic (exact) mass is 262 g/mol. The number of hydrogen-bond donors (Lipinski definition) is 3. The molecule has 0 atom stereocenters. The van der Waals surface area contributed by atoms with Gasteiger partial charge in [0.15, 0.2) is 5.84 Å². The summed E-state index contributed by atoms with van der Waals surface area (Å²) in [5.41, 5.74) is 6.23. The third-order valence-electron chi connectivity index (χ3n) is 3.46. The topological polar surface area (TPSA) is 101 Å². The van der Waals surface area contributed by atoms with Gasteiger partial charge in [0.1, 0.15) is 5.69 Å². The van der Waals surface area contributed by atoms with Crippen molar-refractivity contribution >= 4 is 11.7 Å². The van der Waals surface area contributed by atoms with Gasteiger partial charge in [0.05, 0.1) is 0 Å². The molecule has 1 aliphatic carbocycles. The molecule has 6 nitrogen and oxygen atoms in total. The first-order valence-corrected chi connectivity index (χ1v) is 6.43. The van der Waals surface area contributed by atoms with Crippen molar-refractivity contribution in [3.8, 4) is 0 Å². The third kappa shape index (κ3) is 3.43. The zero-order valence-electron chi connectivity index (χ0n) is 10.7. The van der Waals surface area contributed by atoms with Crippen molar-refractivity contribution in [2.45, 2.75) is 25.7 Å². The second-order valence-corrected chi connectivity index (χ2v) is 4.76. The summed E-state index contributed by atoms with van der Waals surface area (Å²) in [6, 6.07) is 3.16. The van der Waals surface area contributed by atoms with Gasteiger partial charge in [-0.05, 0) is 24.5 Å². The Morgan fingerprint density at radius 1 is 1.53 bits per heavy atom. The normalized spacial score (nSPS) is 15.9. The molecule has 4 N–H and O–H groups in total. The van der Waals surface area contributed by atoms with Gasteiger partial charge in [0, 0.05) is 18.3 Å². The van der Waals surface area contributed by atoms with Gasteiger partial charge in [-0.15, -0.1) is 0 Å². The maximum Gasteiger partial charge on any atom is 0.269 e. The average molecular weight is 262 g/mol. The Hall–Kier alpha value is -2.11. The molecule has 0 spiro atoms. The molecule has 0 radical (unpaired) electrons. The molecule has 1 fully saturated rings. The van der Waals surface area contributed by atoms with E-state index in [-0.39, 0.29) is 11.7 Å². The molecule has 0 unspecified atom stereocenters. The van der Waals surface area contributed by atoms with Crippen molar-refractivity contribution in [2.24, 2.45) is 16.8 Å². The standard InChI is InChI=1S/C13H18N4O2/c14-12(17-19)10-4-5-11(16-8-10)13(18)15-7-6-9-2-1-3-9/h4-5,8-9,19H,1-3,6-7H2,(H2,14,17)(H,15,18). The highest BCUT2D eigenvalue weighted by Gasteiger charge is 2.17. The van der Waals surface area contributed by atoms with Crippen LogP contribution < -0.4 is 11.1 Å². The molecule has 1 saturated carbocycles. The Morgan fingerprint density at radius 2 is 2.32 bits per heavy atom. The van der Waals surface area contributed by atoms with Gasteiger partial charge in [-0.3, -0.25) is 9.78 Å². The molecule has 6 heteroatoms. The van der Waals surface area contributed by atoms with Gasteiger partial charge in [0.2, 0.25) is 0 Å². The van der Waals surface area contributed by atoms with E-state index in [1.54, 1.807) is 12.1 Å². The van der Waals surface area contributed by atoms with Gasteiger partial charge in [-0.2, -0.15) is 0 Å². The number of nitrogens with zero attached hydrogens (tertiary/aromatic N) is 2. The van der Waals surface area contributed by atoms with Crippen LogP contribution in [0.1, 0.15) is 41.7 Å².